The summed E-state index contributed by atoms with van der Waals surface area (Å²) in [4.78, 5) is 17.0. The van der Waals surface area contributed by atoms with Crippen LogP contribution in [0, 0.1) is 5.82 Å². The minimum atomic E-state index is -0.188. The van der Waals surface area contributed by atoms with Gasteiger partial charge in [0.25, 0.3) is 5.91 Å². The number of benzene rings is 1. The van der Waals surface area contributed by atoms with Crippen molar-refractivity contribution in [2.24, 2.45) is 0 Å². The van der Waals surface area contributed by atoms with E-state index in [2.05, 4.69) is 15.5 Å². The third kappa shape index (κ3) is 2.16. The second-order valence-electron chi connectivity index (χ2n) is 7.56. The SMILES string of the molecule is O=C1c2ccc(F)c(N3CC4CC(C3)N4)c2CN1C1CCCNC1. The molecule has 2 bridgehead atoms. The number of carbonyl (C=O) groups is 1. The summed E-state index contributed by atoms with van der Waals surface area (Å²) in [7, 11) is 0. The molecule has 6 rings (SSSR count). The quantitative estimate of drug-likeness (QED) is 0.852. The van der Waals surface area contributed by atoms with E-state index in [1.54, 1.807) is 6.07 Å². The van der Waals surface area contributed by atoms with Crippen LogP contribution in [-0.4, -0.2) is 55.1 Å². The van der Waals surface area contributed by atoms with Gasteiger partial charge in [0.1, 0.15) is 5.82 Å². The topological polar surface area (TPSA) is 47.6 Å². The van der Waals surface area contributed by atoms with E-state index in [-0.39, 0.29) is 17.8 Å². The van der Waals surface area contributed by atoms with Crippen LogP contribution in [-0.2, 0) is 6.54 Å². The van der Waals surface area contributed by atoms with Crippen LogP contribution in [0.4, 0.5) is 10.1 Å². The van der Waals surface area contributed by atoms with Gasteiger partial charge in [-0.05, 0) is 37.9 Å². The van der Waals surface area contributed by atoms with Crippen LogP contribution in [0.15, 0.2) is 12.1 Å². The molecule has 4 fully saturated rings. The van der Waals surface area contributed by atoms with E-state index in [0.29, 0.717) is 29.9 Å². The molecular weight excluding hydrogens is 307 g/mol. The Morgan fingerprint density at radius 3 is 2.71 bits per heavy atom. The summed E-state index contributed by atoms with van der Waals surface area (Å²) >= 11 is 0. The number of piperidine rings is 2. The summed E-state index contributed by atoms with van der Waals surface area (Å²) in [6.45, 7) is 4.09. The zero-order chi connectivity index (χ0) is 16.3. The predicted molar refractivity (Wildman–Crippen MR) is 89.7 cm³/mol. The number of hydrogen-bond donors (Lipinski definition) is 2. The van der Waals surface area contributed by atoms with Crippen LogP contribution in [0.3, 0.4) is 0 Å². The summed E-state index contributed by atoms with van der Waals surface area (Å²) < 4.78 is 14.7. The average Bonchev–Trinajstić information content (AvgIpc) is 2.92. The molecule has 3 atom stereocenters. The summed E-state index contributed by atoms with van der Waals surface area (Å²) in [5, 5.41) is 6.86. The van der Waals surface area contributed by atoms with Crippen LogP contribution >= 0.6 is 0 Å². The molecule has 6 heteroatoms. The zero-order valence-corrected chi connectivity index (χ0v) is 13.7. The van der Waals surface area contributed by atoms with E-state index in [9.17, 15) is 9.18 Å². The molecule has 4 saturated heterocycles. The van der Waals surface area contributed by atoms with Gasteiger partial charge in [-0.25, -0.2) is 4.39 Å². The Morgan fingerprint density at radius 2 is 2.00 bits per heavy atom. The van der Waals surface area contributed by atoms with Gasteiger partial charge in [-0.3, -0.25) is 4.79 Å². The Kier molecular flexibility index (Phi) is 3.31. The molecule has 1 amide bonds. The number of fused-ring (bicyclic) bond motifs is 3. The van der Waals surface area contributed by atoms with E-state index in [0.717, 1.165) is 44.6 Å². The lowest BCUT2D eigenvalue weighted by Crippen LogP contribution is -2.67. The van der Waals surface area contributed by atoms with E-state index in [1.165, 1.54) is 12.5 Å². The third-order valence-electron chi connectivity index (χ3n) is 6.00. The molecule has 5 aliphatic rings. The monoisotopic (exact) mass is 330 g/mol. The number of nitrogens with zero attached hydrogens (tertiary/aromatic N) is 2. The Balaban J connectivity index is 1.48. The number of piperazine rings is 1. The number of hydrogen-bond acceptors (Lipinski definition) is 4. The van der Waals surface area contributed by atoms with Crippen LogP contribution in [0.1, 0.15) is 35.2 Å². The standard InChI is InChI=1S/C18H23FN4O/c19-16-4-3-14-15(17(16)22-8-11-6-12(9-22)21-11)10-23(18(14)24)13-2-1-5-20-7-13/h3-4,11-13,20-21H,1-2,5-10H2. The molecular formula is C18H23FN4O. The molecule has 0 aliphatic carbocycles. The fraction of sp³-hybridized carbons (Fsp3) is 0.611. The van der Waals surface area contributed by atoms with Crippen LogP contribution in [0.2, 0.25) is 0 Å². The van der Waals surface area contributed by atoms with Crippen molar-refractivity contribution >= 4 is 11.6 Å². The first-order valence-corrected chi connectivity index (χ1v) is 9.05. The highest BCUT2D eigenvalue weighted by Gasteiger charge is 2.41. The van der Waals surface area contributed by atoms with Crippen molar-refractivity contribution in [3.63, 3.8) is 0 Å². The summed E-state index contributed by atoms with van der Waals surface area (Å²) in [6, 6.07) is 4.31. The molecule has 5 aliphatic heterocycles. The lowest BCUT2D eigenvalue weighted by molar-refractivity contribution is 0.0674. The second-order valence-corrected chi connectivity index (χ2v) is 7.56. The number of halogens is 1. The lowest BCUT2D eigenvalue weighted by Gasteiger charge is -2.49. The first kappa shape index (κ1) is 14.7. The number of rotatable bonds is 2. The molecule has 2 N–H and O–H groups in total. The number of amides is 1. The van der Waals surface area contributed by atoms with Gasteiger partial charge in [-0.15, -0.1) is 0 Å². The number of anilines is 1. The highest BCUT2D eigenvalue weighted by atomic mass is 19.1. The number of carbonyl (C=O) groups excluding carboxylic acids is 1. The first-order valence-electron chi connectivity index (χ1n) is 9.05. The lowest BCUT2D eigenvalue weighted by atomic mass is 9.90. The van der Waals surface area contributed by atoms with E-state index in [1.807, 2.05) is 4.90 Å². The Morgan fingerprint density at radius 1 is 1.21 bits per heavy atom. The molecule has 1 aromatic rings. The molecule has 5 nitrogen and oxygen atoms in total. The van der Waals surface area contributed by atoms with Crippen molar-refractivity contribution in [3.8, 4) is 0 Å². The Bertz CT molecular complexity index is 672. The van der Waals surface area contributed by atoms with Crippen molar-refractivity contribution in [3.05, 3.63) is 29.1 Å². The third-order valence-corrected chi connectivity index (χ3v) is 6.00. The van der Waals surface area contributed by atoms with Gasteiger partial charge in [0.2, 0.25) is 0 Å². The maximum absolute atomic E-state index is 14.7. The van der Waals surface area contributed by atoms with Gasteiger partial charge in [0.05, 0.1) is 5.69 Å². The smallest absolute Gasteiger partial charge is 0.254 e. The minimum Gasteiger partial charge on any atom is -0.366 e. The average molecular weight is 330 g/mol. The molecule has 0 spiro atoms. The van der Waals surface area contributed by atoms with E-state index >= 15 is 0 Å². The fourth-order valence-corrected chi connectivity index (χ4v) is 4.80. The van der Waals surface area contributed by atoms with Crippen molar-refractivity contribution < 1.29 is 9.18 Å². The van der Waals surface area contributed by atoms with Crippen molar-refractivity contribution in [1.29, 1.82) is 0 Å². The normalized spacial score (nSPS) is 31.9. The summed E-state index contributed by atoms with van der Waals surface area (Å²) in [5.74, 6) is -0.119. The maximum atomic E-state index is 14.7. The molecule has 24 heavy (non-hydrogen) atoms. The van der Waals surface area contributed by atoms with Crippen molar-refractivity contribution in [2.75, 3.05) is 31.1 Å². The van der Waals surface area contributed by atoms with E-state index in [4.69, 9.17) is 0 Å². The Hall–Kier alpha value is -1.66. The van der Waals surface area contributed by atoms with Crippen LogP contribution < -0.4 is 15.5 Å². The highest BCUT2D eigenvalue weighted by molar-refractivity contribution is 6.00. The molecule has 5 heterocycles. The van der Waals surface area contributed by atoms with Crippen molar-refractivity contribution in [1.82, 2.24) is 15.5 Å². The first-order chi connectivity index (χ1) is 11.7. The molecule has 0 aromatic heterocycles. The molecule has 128 valence electrons. The maximum Gasteiger partial charge on any atom is 0.254 e. The molecule has 3 unspecified atom stereocenters. The molecule has 0 radical (unpaired) electrons. The second kappa shape index (κ2) is 5.43. The van der Waals surface area contributed by atoms with Gasteiger partial charge in [0.15, 0.2) is 0 Å². The van der Waals surface area contributed by atoms with Gasteiger partial charge in [-0.2, -0.15) is 0 Å². The van der Waals surface area contributed by atoms with Gasteiger partial charge in [0, 0.05) is 55.4 Å². The van der Waals surface area contributed by atoms with Gasteiger partial charge >= 0.3 is 0 Å². The summed E-state index contributed by atoms with van der Waals surface area (Å²) in [5.41, 5.74) is 2.26. The van der Waals surface area contributed by atoms with Gasteiger partial charge < -0.3 is 20.4 Å². The van der Waals surface area contributed by atoms with Crippen LogP contribution in [0.25, 0.3) is 0 Å². The number of nitrogens with one attached hydrogen (secondary N) is 2. The van der Waals surface area contributed by atoms with Crippen LogP contribution in [0.5, 0.6) is 0 Å². The Labute approximate surface area is 141 Å². The molecule has 0 saturated carbocycles. The minimum absolute atomic E-state index is 0.0697. The van der Waals surface area contributed by atoms with E-state index < -0.39 is 0 Å². The zero-order valence-electron chi connectivity index (χ0n) is 13.7. The van der Waals surface area contributed by atoms with Crippen molar-refractivity contribution in [2.45, 2.75) is 43.9 Å². The predicted octanol–water partition coefficient (Wildman–Crippen LogP) is 1.08. The fourth-order valence-electron chi connectivity index (χ4n) is 4.80. The molecule has 1 aromatic carbocycles. The van der Waals surface area contributed by atoms with Gasteiger partial charge in [-0.1, -0.05) is 0 Å². The summed E-state index contributed by atoms with van der Waals surface area (Å²) in [6.07, 6.45) is 3.31. The largest absolute Gasteiger partial charge is 0.366 e. The highest BCUT2D eigenvalue weighted by Crippen LogP contribution is 2.38.